The van der Waals surface area contributed by atoms with Crippen LogP contribution in [-0.4, -0.2) is 124 Å². The fourth-order valence-electron chi connectivity index (χ4n) is 2.05. The summed E-state index contributed by atoms with van der Waals surface area (Å²) in [5.41, 5.74) is -1.65. The largest absolute Gasteiger partial charge is 0.481 e. The summed E-state index contributed by atoms with van der Waals surface area (Å²) in [4.78, 5) is 50.7. The second-order valence-corrected chi connectivity index (χ2v) is 7.73. The van der Waals surface area contributed by atoms with E-state index in [9.17, 15) is 28.9 Å². The van der Waals surface area contributed by atoms with Gasteiger partial charge in [0.1, 0.15) is 18.3 Å². The van der Waals surface area contributed by atoms with Gasteiger partial charge in [0.15, 0.2) is 6.23 Å². The summed E-state index contributed by atoms with van der Waals surface area (Å²) in [6, 6.07) is 0.962. The van der Waals surface area contributed by atoms with Crippen molar-refractivity contribution in [1.29, 1.82) is 0 Å². The molecule has 1 aromatic heterocycles. The Hall–Kier alpha value is 0.780. The second kappa shape index (κ2) is 12.0. The molecule has 1 unspecified atom stereocenters. The van der Waals surface area contributed by atoms with Crippen LogP contribution in [0.4, 0.5) is 0 Å². The van der Waals surface area contributed by atoms with Crippen LogP contribution in [0.1, 0.15) is 6.23 Å². The molecule has 15 nitrogen and oxygen atoms in total. The zero-order valence-electron chi connectivity index (χ0n) is 14.6. The summed E-state index contributed by atoms with van der Waals surface area (Å²) in [7, 11) is -10.5. The number of aliphatic hydroxyl groups excluding tert-OH is 2. The second-order valence-electron chi connectivity index (χ2n) is 4.90. The van der Waals surface area contributed by atoms with Gasteiger partial charge in [-0.15, -0.1) is 0 Å². The minimum Gasteiger partial charge on any atom is -0.412 e. The molecular formula is C9H16N2Na2O13P2. The molecule has 1 saturated heterocycles. The average Bonchev–Trinajstić information content (AvgIpc) is 2.71. The SMILES string of the molecule is O.O=c1ccn([C@@H]2O[C@H](COP(=O)(O)OP(=O)(O)O)[C@@H](O)[C@H]2O)c(=O)[nH]1.[Na].[Na]. The van der Waals surface area contributed by atoms with Gasteiger partial charge < -0.3 is 35.1 Å². The van der Waals surface area contributed by atoms with E-state index in [1.807, 2.05) is 4.98 Å². The molecule has 28 heavy (non-hydrogen) atoms. The molecule has 0 aliphatic carbocycles. The number of phosphoric acid groups is 2. The standard InChI is InChI=1S/C9H14N2O12P2.2Na.H2O/c12-5-1-2-11(9(15)10-5)8-7(14)6(13)4(22-8)3-21-25(19,20)23-24(16,17)18;;;/h1-2,4,6-8,13-14H,3H2,(H,19,20)(H,10,12,15)(H2,16,17,18);;;1H2/t4-,6-,7-,8-;;;/m1.../s1. The van der Waals surface area contributed by atoms with E-state index in [4.69, 9.17) is 19.4 Å². The maximum atomic E-state index is 11.7. The summed E-state index contributed by atoms with van der Waals surface area (Å²) in [6.07, 6.45) is -5.25. The Bertz CT molecular complexity index is 840. The summed E-state index contributed by atoms with van der Waals surface area (Å²) in [6.45, 7) is -0.902. The Balaban J connectivity index is 0. The number of H-pyrrole nitrogens is 1. The van der Waals surface area contributed by atoms with Crippen molar-refractivity contribution in [2.24, 2.45) is 0 Å². The molecule has 152 valence electrons. The zero-order valence-corrected chi connectivity index (χ0v) is 20.4. The topological polar surface area (TPSA) is 249 Å². The predicted molar refractivity (Wildman–Crippen MR) is 91.3 cm³/mol. The predicted octanol–water partition coefficient (Wildman–Crippen LogP) is -4.20. The molecule has 0 bridgehead atoms. The van der Waals surface area contributed by atoms with Crippen LogP contribution in [0.2, 0.25) is 0 Å². The molecule has 0 spiro atoms. The zero-order chi connectivity index (χ0) is 19.0. The van der Waals surface area contributed by atoms with Crippen molar-refractivity contribution in [3.8, 4) is 0 Å². The number of aromatic nitrogens is 2. The third kappa shape index (κ3) is 8.49. The number of hydrogen-bond acceptors (Lipinski definition) is 9. The molecule has 0 amide bonds. The molecule has 5 atom stereocenters. The summed E-state index contributed by atoms with van der Waals surface area (Å²) in [5, 5.41) is 19.8. The van der Waals surface area contributed by atoms with Crippen LogP contribution in [0.5, 0.6) is 0 Å². The van der Waals surface area contributed by atoms with E-state index in [2.05, 4.69) is 8.83 Å². The first-order valence-corrected chi connectivity index (χ1v) is 9.49. The number of ether oxygens (including phenoxy) is 1. The van der Waals surface area contributed by atoms with Crippen molar-refractivity contribution in [1.82, 2.24) is 9.55 Å². The minimum absolute atomic E-state index is 0. The van der Waals surface area contributed by atoms with Crippen LogP contribution in [0.15, 0.2) is 21.9 Å². The van der Waals surface area contributed by atoms with Gasteiger partial charge in [-0.1, -0.05) is 0 Å². The maximum Gasteiger partial charge on any atom is 0.481 e. The van der Waals surface area contributed by atoms with Crippen molar-refractivity contribution >= 4 is 74.8 Å². The summed E-state index contributed by atoms with van der Waals surface area (Å²) < 4.78 is 35.6. The molecule has 1 fully saturated rings. The number of nitrogens with one attached hydrogen (secondary N) is 1. The Morgan fingerprint density at radius 2 is 1.71 bits per heavy atom. The van der Waals surface area contributed by atoms with E-state index < -0.39 is 58.0 Å². The molecule has 2 heterocycles. The van der Waals surface area contributed by atoms with E-state index in [0.717, 1.165) is 16.8 Å². The quantitative estimate of drug-likeness (QED) is 0.172. The van der Waals surface area contributed by atoms with Crippen molar-refractivity contribution < 1.29 is 53.1 Å². The first-order valence-electron chi connectivity index (χ1n) is 6.47. The molecule has 1 aromatic rings. The summed E-state index contributed by atoms with van der Waals surface area (Å²) >= 11 is 0. The number of hydrogen-bond donors (Lipinski definition) is 6. The molecule has 0 saturated carbocycles. The van der Waals surface area contributed by atoms with Crippen LogP contribution >= 0.6 is 15.6 Å². The number of phosphoric ester groups is 1. The Labute approximate surface area is 200 Å². The van der Waals surface area contributed by atoms with Crippen molar-refractivity contribution in [2.75, 3.05) is 6.61 Å². The molecule has 2 rings (SSSR count). The Morgan fingerprint density at radius 1 is 1.14 bits per heavy atom. The molecule has 2 radical (unpaired) electrons. The van der Waals surface area contributed by atoms with Gasteiger partial charge >= 0.3 is 21.3 Å². The monoisotopic (exact) mass is 468 g/mol. The van der Waals surface area contributed by atoms with Gasteiger partial charge in [-0.2, -0.15) is 4.31 Å². The number of rotatable bonds is 6. The Kier molecular flexibility index (Phi) is 13.3. The third-order valence-electron chi connectivity index (χ3n) is 3.07. The van der Waals surface area contributed by atoms with E-state index in [1.165, 1.54) is 0 Å². The Morgan fingerprint density at radius 3 is 2.21 bits per heavy atom. The van der Waals surface area contributed by atoms with Crippen LogP contribution in [0, 0.1) is 0 Å². The molecule has 1 aliphatic heterocycles. The van der Waals surface area contributed by atoms with Gasteiger partial charge in [-0.3, -0.25) is 18.9 Å². The molecule has 8 N–H and O–H groups in total. The fourth-order valence-corrected chi connectivity index (χ4v) is 3.65. The number of nitrogens with zero attached hydrogens (tertiary/aromatic N) is 1. The van der Waals surface area contributed by atoms with Crippen molar-refractivity contribution in [3.63, 3.8) is 0 Å². The van der Waals surface area contributed by atoms with Crippen LogP contribution in [-0.2, 0) is 22.7 Å². The van der Waals surface area contributed by atoms with Crippen LogP contribution in [0.25, 0.3) is 0 Å². The van der Waals surface area contributed by atoms with Gasteiger partial charge in [0.25, 0.3) is 5.56 Å². The van der Waals surface area contributed by atoms with Crippen molar-refractivity contribution in [2.45, 2.75) is 24.5 Å². The van der Waals surface area contributed by atoms with Gasteiger partial charge in [0, 0.05) is 71.4 Å². The van der Waals surface area contributed by atoms with E-state index in [-0.39, 0.29) is 64.6 Å². The van der Waals surface area contributed by atoms with E-state index in [0.29, 0.717) is 0 Å². The van der Waals surface area contributed by atoms with Crippen LogP contribution in [0.3, 0.4) is 0 Å². The molecular weight excluding hydrogens is 452 g/mol. The van der Waals surface area contributed by atoms with Crippen molar-refractivity contribution in [3.05, 3.63) is 33.1 Å². The minimum atomic E-state index is -5.32. The first-order chi connectivity index (χ1) is 11.4. The fraction of sp³-hybridized carbons (Fsp3) is 0.556. The molecule has 19 heteroatoms. The van der Waals surface area contributed by atoms with Gasteiger partial charge in [0.05, 0.1) is 6.61 Å². The van der Waals surface area contributed by atoms with E-state index in [1.54, 1.807) is 0 Å². The first kappa shape index (κ1) is 31.0. The van der Waals surface area contributed by atoms with Crippen LogP contribution < -0.4 is 11.2 Å². The number of aromatic amines is 1. The summed E-state index contributed by atoms with van der Waals surface area (Å²) in [5.74, 6) is 0. The maximum absolute atomic E-state index is 11.7. The third-order valence-corrected chi connectivity index (χ3v) is 5.23. The molecule has 1 aliphatic rings. The molecule has 0 aromatic carbocycles. The van der Waals surface area contributed by atoms with Gasteiger partial charge in [0.2, 0.25) is 0 Å². The van der Waals surface area contributed by atoms with Gasteiger partial charge in [-0.25, -0.2) is 13.9 Å². The smallest absolute Gasteiger partial charge is 0.412 e. The normalized spacial score (nSPS) is 26.3. The van der Waals surface area contributed by atoms with E-state index >= 15 is 0 Å². The van der Waals surface area contributed by atoms with Gasteiger partial charge in [-0.05, 0) is 0 Å². The number of aliphatic hydroxyl groups is 2. The average molecular weight is 468 g/mol.